The topological polar surface area (TPSA) is 29.3 Å². The van der Waals surface area contributed by atoms with Crippen molar-refractivity contribution in [1.29, 1.82) is 0 Å². The maximum atomic E-state index is 6.27. The number of nitrogens with two attached hydrogens (primary N) is 1. The minimum absolute atomic E-state index is 0.317. The van der Waals surface area contributed by atoms with Gasteiger partial charge in [-0.2, -0.15) is 0 Å². The Morgan fingerprint density at radius 3 is 2.42 bits per heavy atom. The highest BCUT2D eigenvalue weighted by atomic mass is 15.2. The van der Waals surface area contributed by atoms with Gasteiger partial charge >= 0.3 is 0 Å². The summed E-state index contributed by atoms with van der Waals surface area (Å²) >= 11 is 0. The second-order valence-corrected chi connectivity index (χ2v) is 7.36. The Bertz CT molecular complexity index is 272. The highest BCUT2D eigenvalue weighted by Crippen LogP contribution is 2.41. The van der Waals surface area contributed by atoms with Crippen LogP contribution in [-0.2, 0) is 0 Å². The fourth-order valence-electron chi connectivity index (χ4n) is 4.20. The van der Waals surface area contributed by atoms with Gasteiger partial charge in [0, 0.05) is 18.6 Å². The molecule has 0 aliphatic heterocycles. The fraction of sp³-hybridized carbons (Fsp3) is 1.00. The summed E-state index contributed by atoms with van der Waals surface area (Å²) in [6.07, 6.45) is 9.80. The zero-order valence-corrected chi connectivity index (χ0v) is 13.3. The summed E-state index contributed by atoms with van der Waals surface area (Å²) in [5, 5.41) is 0. The van der Waals surface area contributed by atoms with Gasteiger partial charge in [0.1, 0.15) is 0 Å². The van der Waals surface area contributed by atoms with E-state index in [1.165, 1.54) is 58.0 Å². The lowest BCUT2D eigenvalue weighted by Crippen LogP contribution is -2.58. The molecule has 0 aromatic rings. The van der Waals surface area contributed by atoms with Crippen molar-refractivity contribution in [3.8, 4) is 0 Å². The summed E-state index contributed by atoms with van der Waals surface area (Å²) in [6.45, 7) is 10.4. The van der Waals surface area contributed by atoms with E-state index in [4.69, 9.17) is 5.73 Å². The Labute approximate surface area is 120 Å². The molecular formula is C17H34N2. The third-order valence-corrected chi connectivity index (χ3v) is 5.94. The molecule has 2 saturated carbocycles. The van der Waals surface area contributed by atoms with E-state index in [9.17, 15) is 0 Å². The number of hydrogen-bond donors (Lipinski definition) is 1. The Morgan fingerprint density at radius 2 is 1.95 bits per heavy atom. The standard InChI is InChI=1S/C17H34N2/c1-4-19(12-15-7-5-8-15)17(13-18)10-6-9-16(11-17)14(2)3/h14-16H,4-13,18H2,1-3H3. The van der Waals surface area contributed by atoms with E-state index in [1.54, 1.807) is 0 Å². The predicted octanol–water partition coefficient (Wildman–Crippen LogP) is 3.65. The van der Waals surface area contributed by atoms with Crippen molar-refractivity contribution in [2.24, 2.45) is 23.5 Å². The first-order valence-corrected chi connectivity index (χ1v) is 8.56. The zero-order chi connectivity index (χ0) is 13.9. The van der Waals surface area contributed by atoms with Gasteiger partial charge in [0.25, 0.3) is 0 Å². The molecule has 2 nitrogen and oxygen atoms in total. The number of nitrogens with zero attached hydrogens (tertiary/aromatic N) is 1. The molecule has 2 N–H and O–H groups in total. The molecule has 2 rings (SSSR count). The SMILES string of the molecule is CCN(CC1CCC1)C1(CN)CCCC(C(C)C)C1. The van der Waals surface area contributed by atoms with Gasteiger partial charge in [-0.3, -0.25) is 4.90 Å². The number of likely N-dealkylation sites (N-methyl/N-ethyl adjacent to an activating group) is 1. The molecule has 0 saturated heterocycles. The first kappa shape index (κ1) is 15.3. The highest BCUT2D eigenvalue weighted by Gasteiger charge is 2.41. The van der Waals surface area contributed by atoms with Gasteiger partial charge in [-0.25, -0.2) is 0 Å². The van der Waals surface area contributed by atoms with Crippen LogP contribution >= 0.6 is 0 Å². The largest absolute Gasteiger partial charge is 0.329 e. The molecule has 2 aliphatic carbocycles. The zero-order valence-electron chi connectivity index (χ0n) is 13.3. The third kappa shape index (κ3) is 3.33. The molecule has 0 bridgehead atoms. The molecule has 0 radical (unpaired) electrons. The summed E-state index contributed by atoms with van der Waals surface area (Å²) in [5.41, 5.74) is 6.59. The quantitative estimate of drug-likeness (QED) is 0.795. The highest BCUT2D eigenvalue weighted by molar-refractivity contribution is 4.97. The molecule has 19 heavy (non-hydrogen) atoms. The second-order valence-electron chi connectivity index (χ2n) is 7.36. The molecule has 112 valence electrons. The van der Waals surface area contributed by atoms with E-state index in [1.807, 2.05) is 0 Å². The first-order valence-electron chi connectivity index (χ1n) is 8.56. The maximum Gasteiger partial charge on any atom is 0.0334 e. The molecule has 2 aliphatic rings. The minimum Gasteiger partial charge on any atom is -0.329 e. The summed E-state index contributed by atoms with van der Waals surface area (Å²) in [4.78, 5) is 2.76. The van der Waals surface area contributed by atoms with Crippen LogP contribution in [0.15, 0.2) is 0 Å². The summed E-state index contributed by atoms with van der Waals surface area (Å²) in [5.74, 6) is 2.66. The Morgan fingerprint density at radius 1 is 1.21 bits per heavy atom. The summed E-state index contributed by atoms with van der Waals surface area (Å²) < 4.78 is 0. The molecule has 2 heteroatoms. The summed E-state index contributed by atoms with van der Waals surface area (Å²) in [6, 6.07) is 0. The van der Waals surface area contributed by atoms with Gasteiger partial charge in [0.2, 0.25) is 0 Å². The van der Waals surface area contributed by atoms with E-state index < -0.39 is 0 Å². The molecule has 0 aromatic heterocycles. The van der Waals surface area contributed by atoms with Crippen LogP contribution in [0.3, 0.4) is 0 Å². The average molecular weight is 266 g/mol. The Kier molecular flexibility index (Phi) is 5.30. The molecule has 2 unspecified atom stereocenters. The van der Waals surface area contributed by atoms with Gasteiger partial charge < -0.3 is 5.73 Å². The normalized spacial score (nSPS) is 32.8. The molecule has 0 spiro atoms. The van der Waals surface area contributed by atoms with Crippen molar-refractivity contribution in [2.75, 3.05) is 19.6 Å². The van der Waals surface area contributed by atoms with Gasteiger partial charge in [-0.15, -0.1) is 0 Å². The minimum atomic E-state index is 0.317. The van der Waals surface area contributed by atoms with Crippen LogP contribution in [0.25, 0.3) is 0 Å². The van der Waals surface area contributed by atoms with Crippen molar-refractivity contribution in [3.63, 3.8) is 0 Å². The third-order valence-electron chi connectivity index (χ3n) is 5.94. The summed E-state index contributed by atoms with van der Waals surface area (Å²) in [7, 11) is 0. The van der Waals surface area contributed by atoms with Crippen molar-refractivity contribution >= 4 is 0 Å². The lowest BCUT2D eigenvalue weighted by Gasteiger charge is -2.50. The van der Waals surface area contributed by atoms with Crippen molar-refractivity contribution < 1.29 is 0 Å². The van der Waals surface area contributed by atoms with Crippen molar-refractivity contribution in [2.45, 2.75) is 71.3 Å². The van der Waals surface area contributed by atoms with Gasteiger partial charge in [0.15, 0.2) is 0 Å². The lowest BCUT2D eigenvalue weighted by atomic mass is 9.70. The van der Waals surface area contributed by atoms with E-state index in [0.29, 0.717) is 5.54 Å². The van der Waals surface area contributed by atoms with Crippen LogP contribution in [0.2, 0.25) is 0 Å². The predicted molar refractivity (Wildman–Crippen MR) is 83.2 cm³/mol. The fourth-order valence-corrected chi connectivity index (χ4v) is 4.20. The smallest absolute Gasteiger partial charge is 0.0334 e. The van der Waals surface area contributed by atoms with E-state index in [0.717, 1.165) is 24.3 Å². The van der Waals surface area contributed by atoms with Crippen LogP contribution in [0.1, 0.15) is 65.7 Å². The van der Waals surface area contributed by atoms with Gasteiger partial charge in [-0.05, 0) is 50.0 Å². The van der Waals surface area contributed by atoms with Crippen molar-refractivity contribution in [1.82, 2.24) is 4.90 Å². The van der Waals surface area contributed by atoms with Crippen LogP contribution in [0, 0.1) is 17.8 Å². The van der Waals surface area contributed by atoms with E-state index >= 15 is 0 Å². The van der Waals surface area contributed by atoms with E-state index in [2.05, 4.69) is 25.7 Å². The van der Waals surface area contributed by atoms with Crippen LogP contribution in [0.4, 0.5) is 0 Å². The average Bonchev–Trinajstić information content (AvgIpc) is 2.37. The van der Waals surface area contributed by atoms with E-state index in [-0.39, 0.29) is 0 Å². The number of rotatable bonds is 6. The maximum absolute atomic E-state index is 6.27. The van der Waals surface area contributed by atoms with Gasteiger partial charge in [0.05, 0.1) is 0 Å². The first-order chi connectivity index (χ1) is 9.11. The molecule has 2 fully saturated rings. The molecule has 0 heterocycles. The molecule has 2 atom stereocenters. The molecule has 0 aromatic carbocycles. The Hall–Kier alpha value is -0.0800. The molecule has 0 amide bonds. The second kappa shape index (κ2) is 6.58. The molecular weight excluding hydrogens is 232 g/mol. The van der Waals surface area contributed by atoms with Crippen LogP contribution in [-0.4, -0.2) is 30.1 Å². The number of hydrogen-bond acceptors (Lipinski definition) is 2. The van der Waals surface area contributed by atoms with Crippen molar-refractivity contribution in [3.05, 3.63) is 0 Å². The van der Waals surface area contributed by atoms with Crippen LogP contribution < -0.4 is 5.73 Å². The lowest BCUT2D eigenvalue weighted by molar-refractivity contribution is 0.00906. The monoisotopic (exact) mass is 266 g/mol. The Balaban J connectivity index is 2.04. The van der Waals surface area contributed by atoms with Crippen LogP contribution in [0.5, 0.6) is 0 Å². The van der Waals surface area contributed by atoms with Gasteiger partial charge in [-0.1, -0.05) is 40.0 Å².